The Morgan fingerprint density at radius 1 is 1.29 bits per heavy atom. The number of amides is 2. The van der Waals surface area contributed by atoms with Crippen LogP contribution in [0.25, 0.3) is 0 Å². The van der Waals surface area contributed by atoms with Gasteiger partial charge in [-0.05, 0) is 19.3 Å². The van der Waals surface area contributed by atoms with Gasteiger partial charge in [0.2, 0.25) is 0 Å². The van der Waals surface area contributed by atoms with E-state index >= 15 is 0 Å². The first-order valence-electron chi connectivity index (χ1n) is 5.16. The molecule has 0 aromatic rings. The van der Waals surface area contributed by atoms with Crippen molar-refractivity contribution in [2.75, 3.05) is 24.6 Å². The van der Waals surface area contributed by atoms with E-state index in [1.165, 1.54) is 6.42 Å². The average molecular weight is 216 g/mol. The molecule has 1 N–H and O–H groups in total. The second-order valence-electron chi connectivity index (χ2n) is 3.91. The van der Waals surface area contributed by atoms with Crippen molar-refractivity contribution >= 4 is 16.8 Å². The summed E-state index contributed by atoms with van der Waals surface area (Å²) in [4.78, 5) is 13.4. The Hall–Kier alpha value is -0.580. The van der Waals surface area contributed by atoms with Gasteiger partial charge in [0.25, 0.3) is 0 Å². The van der Waals surface area contributed by atoms with Gasteiger partial charge in [0.15, 0.2) is 0 Å². The highest BCUT2D eigenvalue weighted by molar-refractivity contribution is 7.85. The number of hydrogen-bond acceptors (Lipinski definition) is 2. The van der Waals surface area contributed by atoms with E-state index in [0.717, 1.165) is 12.8 Å². The molecule has 1 saturated heterocycles. The van der Waals surface area contributed by atoms with E-state index in [1.807, 2.05) is 0 Å². The highest BCUT2D eigenvalue weighted by Crippen LogP contribution is 2.18. The molecular formula is C9H16N2O2S. The fourth-order valence-electron chi connectivity index (χ4n) is 1.66. The monoisotopic (exact) mass is 216 g/mol. The van der Waals surface area contributed by atoms with Crippen LogP contribution in [-0.2, 0) is 10.8 Å². The van der Waals surface area contributed by atoms with Crippen LogP contribution < -0.4 is 5.32 Å². The van der Waals surface area contributed by atoms with Crippen molar-refractivity contribution in [2.45, 2.75) is 25.3 Å². The summed E-state index contributed by atoms with van der Waals surface area (Å²) < 4.78 is 11.1. The third kappa shape index (κ3) is 2.26. The predicted molar refractivity (Wildman–Crippen MR) is 55.6 cm³/mol. The zero-order chi connectivity index (χ0) is 9.97. The standard InChI is InChI=1S/C9H16N2O2S/c12-9(10-8-2-1-3-8)11-4-6-14(13)7-5-11/h8H,1-7H2,(H,10,12). The minimum Gasteiger partial charge on any atom is -0.335 e. The van der Waals surface area contributed by atoms with E-state index in [9.17, 15) is 9.00 Å². The Morgan fingerprint density at radius 2 is 1.93 bits per heavy atom. The third-order valence-electron chi connectivity index (χ3n) is 2.90. The smallest absolute Gasteiger partial charge is 0.317 e. The molecule has 0 bridgehead atoms. The summed E-state index contributed by atoms with van der Waals surface area (Å²) in [6.45, 7) is 1.29. The summed E-state index contributed by atoms with van der Waals surface area (Å²) in [5.74, 6) is 1.27. The molecule has 2 amide bonds. The summed E-state index contributed by atoms with van der Waals surface area (Å²) in [5.41, 5.74) is 0. The zero-order valence-electron chi connectivity index (χ0n) is 8.20. The lowest BCUT2D eigenvalue weighted by Gasteiger charge is -2.32. The number of urea groups is 1. The first-order valence-corrected chi connectivity index (χ1v) is 6.65. The number of rotatable bonds is 1. The predicted octanol–water partition coefficient (Wildman–Crippen LogP) is 0.313. The maximum Gasteiger partial charge on any atom is 0.317 e. The average Bonchev–Trinajstić information content (AvgIpc) is 2.12. The van der Waals surface area contributed by atoms with Gasteiger partial charge in [0.05, 0.1) is 0 Å². The Labute approximate surface area is 86.5 Å². The Balaban J connectivity index is 1.76. The van der Waals surface area contributed by atoms with Crippen LogP contribution in [0.5, 0.6) is 0 Å². The van der Waals surface area contributed by atoms with Crippen LogP contribution in [0.3, 0.4) is 0 Å². The maximum atomic E-state index is 11.6. The van der Waals surface area contributed by atoms with E-state index in [-0.39, 0.29) is 6.03 Å². The second-order valence-corrected chi connectivity index (χ2v) is 5.61. The van der Waals surface area contributed by atoms with Gasteiger partial charge in [-0.15, -0.1) is 0 Å². The molecule has 0 radical (unpaired) electrons. The third-order valence-corrected chi connectivity index (χ3v) is 4.17. The number of nitrogens with zero attached hydrogens (tertiary/aromatic N) is 1. The second kappa shape index (κ2) is 4.29. The molecule has 5 heteroatoms. The van der Waals surface area contributed by atoms with Gasteiger partial charge >= 0.3 is 6.03 Å². The van der Waals surface area contributed by atoms with Gasteiger partial charge in [0.1, 0.15) is 0 Å². The highest BCUT2D eigenvalue weighted by Gasteiger charge is 2.24. The lowest BCUT2D eigenvalue weighted by Crippen LogP contribution is -2.51. The van der Waals surface area contributed by atoms with Crippen LogP contribution in [0.2, 0.25) is 0 Å². The van der Waals surface area contributed by atoms with Crippen LogP contribution in [0, 0.1) is 0 Å². The first-order chi connectivity index (χ1) is 6.75. The van der Waals surface area contributed by atoms with Crippen LogP contribution >= 0.6 is 0 Å². The summed E-state index contributed by atoms with van der Waals surface area (Å²) >= 11 is 0. The van der Waals surface area contributed by atoms with Crippen molar-refractivity contribution in [1.82, 2.24) is 10.2 Å². The fraction of sp³-hybridized carbons (Fsp3) is 0.889. The number of nitrogens with one attached hydrogen (secondary N) is 1. The summed E-state index contributed by atoms with van der Waals surface area (Å²) in [6, 6.07) is 0.432. The van der Waals surface area contributed by atoms with Crippen LogP contribution in [-0.4, -0.2) is 45.8 Å². The van der Waals surface area contributed by atoms with E-state index in [1.54, 1.807) is 4.90 Å². The Morgan fingerprint density at radius 3 is 2.43 bits per heavy atom. The molecule has 2 fully saturated rings. The molecule has 0 aromatic carbocycles. The SMILES string of the molecule is O=C(NC1CCC1)N1CCS(=O)CC1. The van der Waals surface area contributed by atoms with Gasteiger partial charge < -0.3 is 10.2 Å². The van der Waals surface area contributed by atoms with Crippen molar-refractivity contribution in [3.8, 4) is 0 Å². The molecule has 1 heterocycles. The Kier molecular flexibility index (Phi) is 3.05. The highest BCUT2D eigenvalue weighted by atomic mass is 32.2. The fourth-order valence-corrected chi connectivity index (χ4v) is 2.71. The van der Waals surface area contributed by atoms with Crippen LogP contribution in [0.15, 0.2) is 0 Å². The van der Waals surface area contributed by atoms with Crippen molar-refractivity contribution in [1.29, 1.82) is 0 Å². The molecule has 80 valence electrons. The van der Waals surface area contributed by atoms with Gasteiger partial charge in [0, 0.05) is 41.4 Å². The van der Waals surface area contributed by atoms with Crippen LogP contribution in [0.4, 0.5) is 4.79 Å². The zero-order valence-corrected chi connectivity index (χ0v) is 9.02. The van der Waals surface area contributed by atoms with E-state index < -0.39 is 10.8 Å². The number of carbonyl (C=O) groups is 1. The molecule has 0 atom stereocenters. The molecule has 0 spiro atoms. The number of carbonyl (C=O) groups excluding carboxylic acids is 1. The van der Waals surface area contributed by atoms with Crippen LogP contribution in [0.1, 0.15) is 19.3 Å². The molecule has 1 aliphatic heterocycles. The van der Waals surface area contributed by atoms with Gasteiger partial charge in [-0.3, -0.25) is 4.21 Å². The lowest BCUT2D eigenvalue weighted by atomic mass is 9.93. The van der Waals surface area contributed by atoms with E-state index in [0.29, 0.717) is 30.6 Å². The van der Waals surface area contributed by atoms with E-state index in [2.05, 4.69) is 5.32 Å². The minimum absolute atomic E-state index is 0.0337. The van der Waals surface area contributed by atoms with Gasteiger partial charge in [-0.2, -0.15) is 0 Å². The molecule has 0 aromatic heterocycles. The summed E-state index contributed by atoms with van der Waals surface area (Å²) in [6.07, 6.45) is 3.46. The number of hydrogen-bond donors (Lipinski definition) is 1. The molecule has 2 rings (SSSR count). The minimum atomic E-state index is -0.700. The topological polar surface area (TPSA) is 49.4 Å². The molecule has 1 saturated carbocycles. The molecular weight excluding hydrogens is 200 g/mol. The van der Waals surface area contributed by atoms with Gasteiger partial charge in [-0.25, -0.2) is 4.79 Å². The first kappa shape index (κ1) is 9.96. The maximum absolute atomic E-state index is 11.6. The molecule has 2 aliphatic rings. The molecule has 1 aliphatic carbocycles. The summed E-state index contributed by atoms with van der Waals surface area (Å²) in [7, 11) is -0.700. The molecule has 14 heavy (non-hydrogen) atoms. The quantitative estimate of drug-likeness (QED) is 0.686. The Bertz CT molecular complexity index is 243. The summed E-state index contributed by atoms with van der Waals surface area (Å²) in [5, 5.41) is 2.99. The normalized spacial score (nSPS) is 24.4. The molecule has 0 unspecified atom stereocenters. The van der Waals surface area contributed by atoms with Gasteiger partial charge in [-0.1, -0.05) is 0 Å². The van der Waals surface area contributed by atoms with Crippen molar-refractivity contribution < 1.29 is 9.00 Å². The molecule has 4 nitrogen and oxygen atoms in total. The van der Waals surface area contributed by atoms with E-state index in [4.69, 9.17) is 0 Å². The van der Waals surface area contributed by atoms with Crippen molar-refractivity contribution in [3.63, 3.8) is 0 Å². The lowest BCUT2D eigenvalue weighted by molar-refractivity contribution is 0.191. The van der Waals surface area contributed by atoms with Crippen molar-refractivity contribution in [3.05, 3.63) is 0 Å². The van der Waals surface area contributed by atoms with Crippen molar-refractivity contribution in [2.24, 2.45) is 0 Å². The largest absolute Gasteiger partial charge is 0.335 e.